The summed E-state index contributed by atoms with van der Waals surface area (Å²) in [6.07, 6.45) is 5.37. The van der Waals surface area contributed by atoms with E-state index in [9.17, 15) is 0 Å². The Morgan fingerprint density at radius 1 is 0.400 bits per heavy atom. The number of nitrogens with zero attached hydrogens (tertiary/aromatic N) is 6. The summed E-state index contributed by atoms with van der Waals surface area (Å²) < 4.78 is 0. The number of aromatic nitrogens is 6. The van der Waals surface area contributed by atoms with Gasteiger partial charge in [-0.05, 0) is 53.9 Å². The molecule has 0 saturated carbocycles. The zero-order valence-electron chi connectivity index (χ0n) is 21.2. The highest BCUT2D eigenvalue weighted by molar-refractivity contribution is 6.14. The molecule has 0 atom stereocenters. The molecule has 0 aliphatic carbocycles. The minimum absolute atomic E-state index is 0.676. The van der Waals surface area contributed by atoms with Crippen LogP contribution in [0.1, 0.15) is 0 Å². The first-order valence-electron chi connectivity index (χ1n) is 13.0. The van der Waals surface area contributed by atoms with Crippen LogP contribution in [-0.2, 0) is 0 Å². The maximum atomic E-state index is 5.19. The Morgan fingerprint density at radius 3 is 1.80 bits per heavy atom. The Morgan fingerprint density at radius 2 is 1.07 bits per heavy atom. The van der Waals surface area contributed by atoms with Crippen LogP contribution in [0.4, 0.5) is 0 Å². The van der Waals surface area contributed by atoms with Crippen molar-refractivity contribution in [3.05, 3.63) is 122 Å². The van der Waals surface area contributed by atoms with Crippen molar-refractivity contribution < 1.29 is 0 Å². The number of hydrogen-bond donors (Lipinski definition) is 0. The average molecular weight is 513 g/mol. The molecule has 0 bridgehead atoms. The van der Waals surface area contributed by atoms with Crippen LogP contribution in [0.25, 0.3) is 77.6 Å². The van der Waals surface area contributed by atoms with Crippen molar-refractivity contribution in [3.63, 3.8) is 0 Å². The summed E-state index contributed by atoms with van der Waals surface area (Å²) in [5.41, 5.74) is 7.23. The quantitative estimate of drug-likeness (QED) is 0.179. The lowest BCUT2D eigenvalue weighted by atomic mass is 9.99. The van der Waals surface area contributed by atoms with Gasteiger partial charge in [-0.25, -0.2) is 15.0 Å². The van der Waals surface area contributed by atoms with E-state index in [1.54, 1.807) is 12.4 Å². The molecule has 6 heteroatoms. The first kappa shape index (κ1) is 22.4. The van der Waals surface area contributed by atoms with Crippen LogP contribution < -0.4 is 0 Å². The molecule has 0 unspecified atom stereocenters. The fourth-order valence-corrected chi connectivity index (χ4v) is 5.32. The number of fused-ring (bicyclic) bond motifs is 6. The van der Waals surface area contributed by atoms with Crippen LogP contribution >= 0.6 is 0 Å². The van der Waals surface area contributed by atoms with E-state index in [1.807, 2.05) is 66.9 Å². The molecule has 0 amide bonds. The molecule has 6 aromatic heterocycles. The first-order valence-corrected chi connectivity index (χ1v) is 13.0. The maximum absolute atomic E-state index is 5.19. The van der Waals surface area contributed by atoms with E-state index >= 15 is 0 Å². The van der Waals surface area contributed by atoms with E-state index < -0.39 is 0 Å². The molecule has 0 aliphatic rings. The van der Waals surface area contributed by atoms with Gasteiger partial charge in [0.15, 0.2) is 5.65 Å². The Kier molecular flexibility index (Phi) is 5.03. The van der Waals surface area contributed by atoms with Crippen molar-refractivity contribution in [2.75, 3.05) is 0 Å². The van der Waals surface area contributed by atoms with Crippen LogP contribution in [-0.4, -0.2) is 29.9 Å². The highest BCUT2D eigenvalue weighted by atomic mass is 14.9. The van der Waals surface area contributed by atoms with Crippen molar-refractivity contribution in [2.24, 2.45) is 0 Å². The van der Waals surface area contributed by atoms with Crippen LogP contribution in [0, 0.1) is 0 Å². The largest absolute Gasteiger partial charge is 0.255 e. The molecule has 8 rings (SSSR count). The van der Waals surface area contributed by atoms with Gasteiger partial charge in [0.25, 0.3) is 0 Å². The van der Waals surface area contributed by atoms with Gasteiger partial charge in [0.2, 0.25) is 0 Å². The van der Waals surface area contributed by atoms with E-state index in [-0.39, 0.29) is 0 Å². The van der Waals surface area contributed by atoms with Crippen LogP contribution in [0.15, 0.2) is 122 Å². The fraction of sp³-hybridized carbons (Fsp3) is 0. The molecular formula is C34H20N6. The Labute approximate surface area is 229 Å². The normalized spacial score (nSPS) is 11.5. The average Bonchev–Trinajstić information content (AvgIpc) is 3.04. The Hall–Kier alpha value is -5.62. The van der Waals surface area contributed by atoms with Gasteiger partial charge >= 0.3 is 0 Å². The number of pyridine rings is 6. The van der Waals surface area contributed by atoms with Crippen LogP contribution in [0.5, 0.6) is 0 Å². The molecule has 40 heavy (non-hydrogen) atoms. The summed E-state index contributed by atoms with van der Waals surface area (Å²) >= 11 is 0. The fourth-order valence-electron chi connectivity index (χ4n) is 5.32. The molecule has 0 aliphatic heterocycles. The second-order valence-electron chi connectivity index (χ2n) is 9.63. The molecule has 2 aromatic carbocycles. The van der Waals surface area contributed by atoms with Gasteiger partial charge in [-0.3, -0.25) is 15.0 Å². The van der Waals surface area contributed by atoms with E-state index in [2.05, 4.69) is 57.4 Å². The number of benzene rings is 2. The van der Waals surface area contributed by atoms with Crippen LogP contribution in [0.2, 0.25) is 0 Å². The highest BCUT2D eigenvalue weighted by Crippen LogP contribution is 2.36. The molecule has 6 heterocycles. The minimum Gasteiger partial charge on any atom is -0.255 e. The van der Waals surface area contributed by atoms with Crippen LogP contribution in [0.3, 0.4) is 0 Å². The summed E-state index contributed by atoms with van der Waals surface area (Å²) in [6.45, 7) is 0. The van der Waals surface area contributed by atoms with E-state index in [0.717, 1.165) is 72.0 Å². The molecule has 0 saturated heterocycles. The molecular weight excluding hydrogens is 492 g/mol. The highest BCUT2D eigenvalue weighted by Gasteiger charge is 2.16. The van der Waals surface area contributed by atoms with Gasteiger partial charge in [-0.2, -0.15) is 0 Å². The number of rotatable bonds is 3. The van der Waals surface area contributed by atoms with Gasteiger partial charge in [-0.1, -0.05) is 54.6 Å². The Bertz CT molecular complexity index is 2160. The van der Waals surface area contributed by atoms with Crippen molar-refractivity contribution in [2.45, 2.75) is 0 Å². The van der Waals surface area contributed by atoms with Gasteiger partial charge in [0.1, 0.15) is 0 Å². The van der Waals surface area contributed by atoms with Gasteiger partial charge in [0.05, 0.1) is 39.5 Å². The van der Waals surface area contributed by atoms with Crippen molar-refractivity contribution in [3.8, 4) is 34.0 Å². The van der Waals surface area contributed by atoms with E-state index in [4.69, 9.17) is 15.0 Å². The molecule has 0 N–H and O–H groups in total. The standard InChI is InChI=1S/C34H20N6/c1-2-10-25-24(9-1)26-18-22-14-13-21-8-7-17-37-32(21)33(22)40-34(26)39-31(25)23-19-29(27-11-3-5-15-35-27)38-30(20-23)28-12-4-6-16-36-28/h1-20H. The lowest BCUT2D eigenvalue weighted by molar-refractivity contribution is 1.22. The predicted molar refractivity (Wildman–Crippen MR) is 160 cm³/mol. The maximum Gasteiger partial charge on any atom is 0.161 e. The zero-order valence-corrected chi connectivity index (χ0v) is 21.2. The second kappa shape index (κ2) is 8.99. The topological polar surface area (TPSA) is 77.3 Å². The van der Waals surface area contributed by atoms with Gasteiger partial charge in [0, 0.05) is 45.7 Å². The molecule has 8 aromatic rings. The Balaban J connectivity index is 1.45. The SMILES string of the molecule is c1ccc(-c2cc(-c3nc4nc5c(ccc6cccnc65)cc4c4ccccc34)cc(-c3ccccn3)n2)nc1. The predicted octanol–water partition coefficient (Wildman–Crippen LogP) is 7.67. The molecule has 0 fully saturated rings. The van der Waals surface area contributed by atoms with Gasteiger partial charge in [-0.15, -0.1) is 0 Å². The smallest absolute Gasteiger partial charge is 0.161 e. The van der Waals surface area contributed by atoms with E-state index in [1.165, 1.54) is 0 Å². The third kappa shape index (κ3) is 3.66. The van der Waals surface area contributed by atoms with E-state index in [0.29, 0.717) is 5.65 Å². The molecule has 186 valence electrons. The van der Waals surface area contributed by atoms with Gasteiger partial charge < -0.3 is 0 Å². The zero-order chi connectivity index (χ0) is 26.5. The number of hydrogen-bond acceptors (Lipinski definition) is 6. The summed E-state index contributed by atoms with van der Waals surface area (Å²) in [4.78, 5) is 29.0. The van der Waals surface area contributed by atoms with Crippen molar-refractivity contribution >= 4 is 43.6 Å². The summed E-state index contributed by atoms with van der Waals surface area (Å²) in [7, 11) is 0. The van der Waals surface area contributed by atoms with Crippen molar-refractivity contribution in [1.29, 1.82) is 0 Å². The third-order valence-electron chi connectivity index (χ3n) is 7.18. The minimum atomic E-state index is 0.676. The molecule has 0 spiro atoms. The monoisotopic (exact) mass is 512 g/mol. The lowest BCUT2D eigenvalue weighted by Gasteiger charge is -2.13. The first-order chi connectivity index (χ1) is 19.8. The van der Waals surface area contributed by atoms with Crippen molar-refractivity contribution in [1.82, 2.24) is 29.9 Å². The second-order valence-corrected chi connectivity index (χ2v) is 9.63. The summed E-state index contributed by atoms with van der Waals surface area (Å²) in [5.74, 6) is 0. The molecule has 0 radical (unpaired) electrons. The third-order valence-corrected chi connectivity index (χ3v) is 7.18. The lowest BCUT2D eigenvalue weighted by Crippen LogP contribution is -1.97. The molecule has 6 nitrogen and oxygen atoms in total. The summed E-state index contributed by atoms with van der Waals surface area (Å²) in [5, 5.41) is 5.23. The summed E-state index contributed by atoms with van der Waals surface area (Å²) in [6, 6.07) is 34.5.